The predicted octanol–water partition coefficient (Wildman–Crippen LogP) is 1.99. The third kappa shape index (κ3) is 4.66. The zero-order chi connectivity index (χ0) is 13.6. The van der Waals surface area contributed by atoms with Crippen LogP contribution in [0, 0.1) is 0 Å². The Kier molecular flexibility index (Phi) is 5.62. The van der Waals surface area contributed by atoms with Crippen molar-refractivity contribution >= 4 is 17.6 Å². The molecule has 1 aromatic heterocycles. The van der Waals surface area contributed by atoms with E-state index in [9.17, 15) is 4.79 Å². The average molecular weight is 274 g/mol. The van der Waals surface area contributed by atoms with Crippen LogP contribution in [0.3, 0.4) is 0 Å². The van der Waals surface area contributed by atoms with Crippen LogP contribution >= 0.6 is 11.6 Å². The van der Waals surface area contributed by atoms with Crippen LogP contribution < -0.4 is 5.73 Å². The highest BCUT2D eigenvalue weighted by Crippen LogP contribution is 2.14. The molecule has 1 unspecified atom stereocenters. The molecule has 0 fully saturated rings. The molecule has 0 aliphatic heterocycles. The van der Waals surface area contributed by atoms with Crippen LogP contribution in [0.15, 0.2) is 12.4 Å². The van der Waals surface area contributed by atoms with E-state index in [0.29, 0.717) is 18.1 Å². The molecule has 0 bridgehead atoms. The Balaban J connectivity index is 2.26. The van der Waals surface area contributed by atoms with Crippen molar-refractivity contribution in [1.29, 1.82) is 0 Å². The van der Waals surface area contributed by atoms with Crippen molar-refractivity contribution in [2.24, 2.45) is 5.73 Å². The number of nitrogens with zero attached hydrogens (tertiary/aromatic N) is 2. The molecule has 1 atom stereocenters. The molecule has 1 aromatic rings. The first kappa shape index (κ1) is 15.0. The number of esters is 1. The second-order valence-electron chi connectivity index (χ2n) is 4.52. The van der Waals surface area contributed by atoms with E-state index in [1.54, 1.807) is 30.9 Å². The molecule has 102 valence electrons. The van der Waals surface area contributed by atoms with Crippen LogP contribution in [0.4, 0.5) is 0 Å². The summed E-state index contributed by atoms with van der Waals surface area (Å²) >= 11 is 5.76. The first-order valence-corrected chi connectivity index (χ1v) is 6.47. The minimum absolute atomic E-state index is 0.341. The molecule has 0 radical (unpaired) electrons. The van der Waals surface area contributed by atoms with Crippen molar-refractivity contribution < 1.29 is 9.53 Å². The molecular weight excluding hydrogens is 254 g/mol. The molecule has 0 spiro atoms. The summed E-state index contributed by atoms with van der Waals surface area (Å²) in [6.07, 6.45) is 5.70. The molecule has 0 amide bonds. The van der Waals surface area contributed by atoms with E-state index in [4.69, 9.17) is 22.1 Å². The molecule has 1 rings (SSSR count). The highest BCUT2D eigenvalue weighted by Gasteiger charge is 2.28. The third-order valence-corrected chi connectivity index (χ3v) is 2.87. The summed E-state index contributed by atoms with van der Waals surface area (Å²) in [6, 6.07) is 0. The maximum Gasteiger partial charge on any atom is 0.325 e. The summed E-state index contributed by atoms with van der Waals surface area (Å²) in [5, 5.41) is 4.71. The lowest BCUT2D eigenvalue weighted by Crippen LogP contribution is -2.46. The van der Waals surface area contributed by atoms with Gasteiger partial charge < -0.3 is 10.5 Å². The summed E-state index contributed by atoms with van der Waals surface area (Å²) in [7, 11) is 0. The fourth-order valence-corrected chi connectivity index (χ4v) is 1.78. The van der Waals surface area contributed by atoms with Crippen LogP contribution in [0.5, 0.6) is 0 Å². The van der Waals surface area contributed by atoms with Crippen molar-refractivity contribution in [3.05, 3.63) is 17.4 Å². The highest BCUT2D eigenvalue weighted by molar-refractivity contribution is 6.30. The van der Waals surface area contributed by atoms with Gasteiger partial charge in [0.15, 0.2) is 0 Å². The van der Waals surface area contributed by atoms with Crippen molar-refractivity contribution in [1.82, 2.24) is 9.78 Å². The summed E-state index contributed by atoms with van der Waals surface area (Å²) in [5.74, 6) is -0.341. The number of hydrogen-bond donors (Lipinski definition) is 1. The number of unbranched alkanes of at least 4 members (excludes halogenated alkanes) is 1. The number of hydrogen-bond acceptors (Lipinski definition) is 4. The smallest absolute Gasteiger partial charge is 0.325 e. The molecular formula is C12H20ClN3O2. The molecule has 18 heavy (non-hydrogen) atoms. The molecule has 2 N–H and O–H groups in total. The van der Waals surface area contributed by atoms with E-state index < -0.39 is 5.54 Å². The number of aromatic nitrogens is 2. The Bertz CT molecular complexity index is 390. The second kappa shape index (κ2) is 6.75. The number of ether oxygens (including phenoxy) is 1. The fourth-order valence-electron chi connectivity index (χ4n) is 1.62. The number of carbonyl (C=O) groups excluding carboxylic acids is 1. The topological polar surface area (TPSA) is 70.1 Å². The molecule has 0 saturated heterocycles. The summed E-state index contributed by atoms with van der Waals surface area (Å²) in [4.78, 5) is 11.6. The lowest BCUT2D eigenvalue weighted by Gasteiger charge is -2.21. The SMILES string of the molecule is CCOC(=O)C(C)(N)CCCCn1cc(Cl)cn1. The minimum Gasteiger partial charge on any atom is -0.465 e. The Hall–Kier alpha value is -1.07. The third-order valence-electron chi connectivity index (χ3n) is 2.68. The standard InChI is InChI=1S/C12H20ClN3O2/c1-3-18-11(17)12(2,14)6-4-5-7-16-9-10(13)8-15-16/h8-9H,3-7,14H2,1-2H3. The Morgan fingerprint density at radius 2 is 2.33 bits per heavy atom. The average Bonchev–Trinajstić information content (AvgIpc) is 2.71. The van der Waals surface area contributed by atoms with Gasteiger partial charge in [0.2, 0.25) is 0 Å². The lowest BCUT2D eigenvalue weighted by atomic mass is 9.96. The van der Waals surface area contributed by atoms with Crippen molar-refractivity contribution in [3.8, 4) is 0 Å². The van der Waals surface area contributed by atoms with Gasteiger partial charge in [-0.3, -0.25) is 9.48 Å². The van der Waals surface area contributed by atoms with Gasteiger partial charge in [-0.25, -0.2) is 0 Å². The summed E-state index contributed by atoms with van der Waals surface area (Å²) < 4.78 is 6.70. The van der Waals surface area contributed by atoms with Gasteiger partial charge in [-0.1, -0.05) is 11.6 Å². The Morgan fingerprint density at radius 3 is 2.89 bits per heavy atom. The van der Waals surface area contributed by atoms with E-state index in [1.165, 1.54) is 0 Å². The maximum atomic E-state index is 11.6. The van der Waals surface area contributed by atoms with E-state index in [-0.39, 0.29) is 5.97 Å². The van der Waals surface area contributed by atoms with Gasteiger partial charge in [0.05, 0.1) is 17.8 Å². The van der Waals surface area contributed by atoms with Gasteiger partial charge in [-0.15, -0.1) is 0 Å². The molecule has 6 heteroatoms. The highest BCUT2D eigenvalue weighted by atomic mass is 35.5. The van der Waals surface area contributed by atoms with Crippen molar-refractivity contribution in [2.75, 3.05) is 6.61 Å². The molecule has 0 aromatic carbocycles. The largest absolute Gasteiger partial charge is 0.465 e. The van der Waals surface area contributed by atoms with Crippen LogP contribution in [0.25, 0.3) is 0 Å². The zero-order valence-corrected chi connectivity index (χ0v) is 11.6. The Morgan fingerprint density at radius 1 is 1.61 bits per heavy atom. The summed E-state index contributed by atoms with van der Waals surface area (Å²) in [6.45, 7) is 4.61. The lowest BCUT2D eigenvalue weighted by molar-refractivity contribution is -0.149. The zero-order valence-electron chi connectivity index (χ0n) is 10.9. The molecule has 0 aliphatic carbocycles. The van der Waals surface area contributed by atoms with Crippen LogP contribution in [-0.4, -0.2) is 27.9 Å². The van der Waals surface area contributed by atoms with Crippen LogP contribution in [0.1, 0.15) is 33.1 Å². The number of nitrogens with two attached hydrogens (primary N) is 1. The van der Waals surface area contributed by atoms with Gasteiger partial charge in [0.25, 0.3) is 0 Å². The number of aryl methyl sites for hydroxylation is 1. The van der Waals surface area contributed by atoms with Gasteiger partial charge in [0, 0.05) is 12.7 Å². The quantitative estimate of drug-likeness (QED) is 0.609. The molecule has 0 saturated carbocycles. The first-order chi connectivity index (χ1) is 8.45. The molecule has 5 nitrogen and oxygen atoms in total. The van der Waals surface area contributed by atoms with Gasteiger partial charge >= 0.3 is 5.97 Å². The van der Waals surface area contributed by atoms with E-state index in [0.717, 1.165) is 19.4 Å². The minimum atomic E-state index is -0.905. The van der Waals surface area contributed by atoms with Gasteiger partial charge in [-0.2, -0.15) is 5.10 Å². The molecule has 1 heterocycles. The predicted molar refractivity (Wildman–Crippen MR) is 70.3 cm³/mol. The van der Waals surface area contributed by atoms with E-state index in [2.05, 4.69) is 5.10 Å². The normalized spacial score (nSPS) is 14.2. The van der Waals surface area contributed by atoms with Gasteiger partial charge in [-0.05, 0) is 33.1 Å². The summed E-state index contributed by atoms with van der Waals surface area (Å²) in [5.41, 5.74) is 5.01. The Labute approximate surface area is 112 Å². The second-order valence-corrected chi connectivity index (χ2v) is 4.95. The van der Waals surface area contributed by atoms with Crippen molar-refractivity contribution in [2.45, 2.75) is 45.2 Å². The number of halogens is 1. The van der Waals surface area contributed by atoms with Crippen LogP contribution in [-0.2, 0) is 16.1 Å². The number of carbonyl (C=O) groups is 1. The van der Waals surface area contributed by atoms with Crippen molar-refractivity contribution in [3.63, 3.8) is 0 Å². The monoisotopic (exact) mass is 273 g/mol. The van der Waals surface area contributed by atoms with E-state index in [1.807, 2.05) is 0 Å². The molecule has 0 aliphatic rings. The fraction of sp³-hybridized carbons (Fsp3) is 0.667. The maximum absolute atomic E-state index is 11.6. The van der Waals surface area contributed by atoms with E-state index >= 15 is 0 Å². The number of rotatable bonds is 7. The van der Waals surface area contributed by atoms with Gasteiger partial charge in [0.1, 0.15) is 5.54 Å². The first-order valence-electron chi connectivity index (χ1n) is 6.10. The van der Waals surface area contributed by atoms with Crippen LogP contribution in [0.2, 0.25) is 5.02 Å².